The SMILES string of the molecule is CCc1ccc(/C=C/C(=O)c2ccc3c(c2)Nc2ccccc2S3)cc1. The van der Waals surface area contributed by atoms with Gasteiger partial charge in [0.1, 0.15) is 0 Å². The molecule has 4 rings (SSSR count). The van der Waals surface area contributed by atoms with E-state index in [9.17, 15) is 4.79 Å². The van der Waals surface area contributed by atoms with E-state index in [-0.39, 0.29) is 5.78 Å². The maximum atomic E-state index is 12.6. The van der Waals surface area contributed by atoms with Gasteiger partial charge in [0.15, 0.2) is 5.78 Å². The number of hydrogen-bond donors (Lipinski definition) is 1. The number of anilines is 2. The molecule has 0 saturated heterocycles. The van der Waals surface area contributed by atoms with Crippen LogP contribution in [0.1, 0.15) is 28.4 Å². The second-order valence-corrected chi connectivity index (χ2v) is 7.31. The van der Waals surface area contributed by atoms with Gasteiger partial charge in [0.05, 0.1) is 11.4 Å². The van der Waals surface area contributed by atoms with Gasteiger partial charge in [-0.2, -0.15) is 0 Å². The Bertz CT molecular complexity index is 989. The van der Waals surface area contributed by atoms with E-state index in [1.807, 2.05) is 48.5 Å². The van der Waals surface area contributed by atoms with Crippen LogP contribution in [0.5, 0.6) is 0 Å². The van der Waals surface area contributed by atoms with Gasteiger partial charge < -0.3 is 5.32 Å². The number of benzene rings is 3. The normalized spacial score (nSPS) is 12.3. The molecular formula is C23H19NOS. The lowest BCUT2D eigenvalue weighted by molar-refractivity contribution is 0.104. The number of aryl methyl sites for hydroxylation is 1. The predicted molar refractivity (Wildman–Crippen MR) is 109 cm³/mol. The van der Waals surface area contributed by atoms with Crippen LogP contribution in [0.3, 0.4) is 0 Å². The van der Waals surface area contributed by atoms with Crippen LogP contribution in [0.4, 0.5) is 11.4 Å². The van der Waals surface area contributed by atoms with Crippen LogP contribution >= 0.6 is 11.8 Å². The Morgan fingerprint density at radius 2 is 1.73 bits per heavy atom. The van der Waals surface area contributed by atoms with Crippen molar-refractivity contribution in [2.75, 3.05) is 5.32 Å². The van der Waals surface area contributed by atoms with Crippen LogP contribution < -0.4 is 5.32 Å². The lowest BCUT2D eigenvalue weighted by Gasteiger charge is -2.20. The van der Waals surface area contributed by atoms with E-state index >= 15 is 0 Å². The molecule has 0 aromatic heterocycles. The number of carbonyl (C=O) groups excluding carboxylic acids is 1. The highest BCUT2D eigenvalue weighted by Crippen LogP contribution is 2.44. The molecule has 3 aromatic rings. The Hall–Kier alpha value is -2.78. The molecule has 0 saturated carbocycles. The van der Waals surface area contributed by atoms with E-state index in [4.69, 9.17) is 0 Å². The molecule has 0 unspecified atom stereocenters. The van der Waals surface area contributed by atoms with E-state index in [1.54, 1.807) is 17.8 Å². The van der Waals surface area contributed by atoms with Crippen molar-refractivity contribution in [3.63, 3.8) is 0 Å². The van der Waals surface area contributed by atoms with Gasteiger partial charge in [-0.1, -0.05) is 61.2 Å². The summed E-state index contributed by atoms with van der Waals surface area (Å²) in [5.41, 5.74) is 5.10. The Kier molecular flexibility index (Phi) is 4.63. The van der Waals surface area contributed by atoms with Crippen LogP contribution in [0.15, 0.2) is 82.6 Å². The molecular weight excluding hydrogens is 338 g/mol. The fourth-order valence-electron chi connectivity index (χ4n) is 2.92. The minimum Gasteiger partial charge on any atom is -0.354 e. The quantitative estimate of drug-likeness (QED) is 0.341. The fraction of sp³-hybridized carbons (Fsp3) is 0.0870. The van der Waals surface area contributed by atoms with E-state index in [0.29, 0.717) is 5.56 Å². The Morgan fingerprint density at radius 1 is 0.962 bits per heavy atom. The molecule has 0 bridgehead atoms. The lowest BCUT2D eigenvalue weighted by Crippen LogP contribution is -2.02. The van der Waals surface area contributed by atoms with Crippen LogP contribution in [-0.2, 0) is 6.42 Å². The third-order valence-electron chi connectivity index (χ3n) is 4.46. The summed E-state index contributed by atoms with van der Waals surface area (Å²) >= 11 is 1.72. The predicted octanol–water partition coefficient (Wildman–Crippen LogP) is 6.35. The van der Waals surface area contributed by atoms with Crippen LogP contribution in [-0.4, -0.2) is 5.78 Å². The lowest BCUT2D eigenvalue weighted by atomic mass is 10.1. The van der Waals surface area contributed by atoms with Gasteiger partial charge in [-0.3, -0.25) is 4.79 Å². The first-order valence-electron chi connectivity index (χ1n) is 8.72. The standard InChI is InChI=1S/C23H19NOS/c1-2-16-7-9-17(10-8-16)11-13-21(25)18-12-14-23-20(15-18)24-19-5-3-4-6-22(19)26-23/h3-15,24H,2H2,1H3/b13-11+. The van der Waals surface area contributed by atoms with Crippen molar-refractivity contribution < 1.29 is 4.79 Å². The van der Waals surface area contributed by atoms with Gasteiger partial charge >= 0.3 is 0 Å². The Labute approximate surface area is 158 Å². The topological polar surface area (TPSA) is 29.1 Å². The van der Waals surface area contributed by atoms with Gasteiger partial charge in [0.2, 0.25) is 0 Å². The monoisotopic (exact) mass is 357 g/mol. The van der Waals surface area contributed by atoms with Crippen molar-refractivity contribution >= 4 is 35.0 Å². The molecule has 26 heavy (non-hydrogen) atoms. The minimum absolute atomic E-state index is 0.0121. The van der Waals surface area contributed by atoms with Crippen LogP contribution in [0.2, 0.25) is 0 Å². The summed E-state index contributed by atoms with van der Waals surface area (Å²) in [6, 6.07) is 22.3. The van der Waals surface area contributed by atoms with Gasteiger partial charge in [-0.15, -0.1) is 0 Å². The fourth-order valence-corrected chi connectivity index (χ4v) is 3.89. The highest BCUT2D eigenvalue weighted by atomic mass is 32.2. The molecule has 1 aliphatic rings. The van der Waals surface area contributed by atoms with Gasteiger partial charge in [-0.05, 0) is 54.0 Å². The molecule has 0 fully saturated rings. The smallest absolute Gasteiger partial charge is 0.185 e. The molecule has 0 amide bonds. The number of nitrogens with one attached hydrogen (secondary N) is 1. The summed E-state index contributed by atoms with van der Waals surface area (Å²) in [5.74, 6) is 0.0121. The van der Waals surface area contributed by atoms with Crippen LogP contribution in [0.25, 0.3) is 6.08 Å². The highest BCUT2D eigenvalue weighted by molar-refractivity contribution is 7.99. The van der Waals surface area contributed by atoms with Crippen LogP contribution in [0, 0.1) is 0 Å². The first kappa shape index (κ1) is 16.7. The first-order chi connectivity index (χ1) is 12.7. The molecule has 3 heteroatoms. The van der Waals surface area contributed by atoms with E-state index in [0.717, 1.165) is 28.3 Å². The summed E-state index contributed by atoms with van der Waals surface area (Å²) in [6.45, 7) is 2.13. The van der Waals surface area contributed by atoms with Crippen molar-refractivity contribution in [2.24, 2.45) is 0 Å². The number of rotatable bonds is 4. The number of fused-ring (bicyclic) bond motifs is 2. The zero-order valence-electron chi connectivity index (χ0n) is 14.5. The Morgan fingerprint density at radius 3 is 2.54 bits per heavy atom. The average Bonchev–Trinajstić information content (AvgIpc) is 2.70. The molecule has 128 valence electrons. The minimum atomic E-state index is 0.0121. The summed E-state index contributed by atoms with van der Waals surface area (Å²) in [7, 11) is 0. The summed E-state index contributed by atoms with van der Waals surface area (Å²) in [6.07, 6.45) is 4.54. The third-order valence-corrected chi connectivity index (χ3v) is 5.61. The first-order valence-corrected chi connectivity index (χ1v) is 9.54. The number of carbonyl (C=O) groups is 1. The molecule has 3 aromatic carbocycles. The largest absolute Gasteiger partial charge is 0.354 e. The van der Waals surface area contributed by atoms with Gasteiger partial charge in [0.25, 0.3) is 0 Å². The molecule has 1 aliphatic heterocycles. The molecule has 0 spiro atoms. The molecule has 0 radical (unpaired) electrons. The van der Waals surface area contributed by atoms with E-state index in [2.05, 4.69) is 36.5 Å². The van der Waals surface area contributed by atoms with E-state index in [1.165, 1.54) is 10.5 Å². The van der Waals surface area contributed by atoms with Crippen molar-refractivity contribution in [3.05, 3.63) is 89.5 Å². The second-order valence-electron chi connectivity index (χ2n) is 6.23. The zero-order chi connectivity index (χ0) is 17.9. The summed E-state index contributed by atoms with van der Waals surface area (Å²) < 4.78 is 0. The van der Waals surface area contributed by atoms with Crippen molar-refractivity contribution in [1.82, 2.24) is 0 Å². The Balaban J connectivity index is 1.53. The highest BCUT2D eigenvalue weighted by Gasteiger charge is 2.16. The maximum Gasteiger partial charge on any atom is 0.185 e. The summed E-state index contributed by atoms with van der Waals surface area (Å²) in [4.78, 5) is 14.9. The van der Waals surface area contributed by atoms with Gasteiger partial charge in [0, 0.05) is 15.4 Å². The maximum absolute atomic E-state index is 12.6. The number of para-hydroxylation sites is 1. The number of ketones is 1. The summed E-state index contributed by atoms with van der Waals surface area (Å²) in [5, 5.41) is 3.43. The van der Waals surface area contributed by atoms with Crippen molar-refractivity contribution in [2.45, 2.75) is 23.1 Å². The number of hydrogen-bond acceptors (Lipinski definition) is 3. The molecule has 0 aliphatic carbocycles. The second kappa shape index (κ2) is 7.22. The number of allylic oxidation sites excluding steroid dienone is 1. The molecule has 1 heterocycles. The molecule has 1 N–H and O–H groups in total. The average molecular weight is 357 g/mol. The van der Waals surface area contributed by atoms with Gasteiger partial charge in [-0.25, -0.2) is 0 Å². The third kappa shape index (κ3) is 3.44. The van der Waals surface area contributed by atoms with Crippen molar-refractivity contribution in [1.29, 1.82) is 0 Å². The van der Waals surface area contributed by atoms with Crippen molar-refractivity contribution in [3.8, 4) is 0 Å². The zero-order valence-corrected chi connectivity index (χ0v) is 15.3. The molecule has 2 nitrogen and oxygen atoms in total. The van der Waals surface area contributed by atoms with E-state index < -0.39 is 0 Å². The molecule has 0 atom stereocenters.